The van der Waals surface area contributed by atoms with Gasteiger partial charge in [-0.3, -0.25) is 0 Å². The molecule has 0 saturated carbocycles. The zero-order chi connectivity index (χ0) is 9.31. The van der Waals surface area contributed by atoms with Gasteiger partial charge in [-0.15, -0.1) is 0 Å². The molecular weight excluding hydrogens is 186 g/mol. The standard InChI is InChI=1S/C10H12ClNO/c11-9-3-1-2-8(6-9)10(7-12)4-5-13-10/h1-3,6H,4-5,7,12H2. The highest BCUT2D eigenvalue weighted by molar-refractivity contribution is 6.30. The van der Waals surface area contributed by atoms with E-state index in [9.17, 15) is 0 Å². The van der Waals surface area contributed by atoms with Gasteiger partial charge in [0.05, 0.1) is 6.61 Å². The lowest BCUT2D eigenvalue weighted by atomic mass is 9.87. The number of nitrogens with two attached hydrogens (primary N) is 1. The molecule has 1 fully saturated rings. The average molecular weight is 198 g/mol. The highest BCUT2D eigenvalue weighted by Crippen LogP contribution is 2.36. The van der Waals surface area contributed by atoms with Crippen molar-refractivity contribution in [1.29, 1.82) is 0 Å². The van der Waals surface area contributed by atoms with Gasteiger partial charge in [-0.25, -0.2) is 0 Å². The fourth-order valence-corrected chi connectivity index (χ4v) is 1.82. The van der Waals surface area contributed by atoms with Crippen molar-refractivity contribution in [3.05, 3.63) is 34.9 Å². The summed E-state index contributed by atoms with van der Waals surface area (Å²) in [6, 6.07) is 7.72. The lowest BCUT2D eigenvalue weighted by molar-refractivity contribution is -0.146. The van der Waals surface area contributed by atoms with Crippen molar-refractivity contribution >= 4 is 11.6 Å². The average Bonchev–Trinajstić information content (AvgIpc) is 2.03. The molecule has 0 aromatic heterocycles. The van der Waals surface area contributed by atoms with E-state index in [1.165, 1.54) is 0 Å². The van der Waals surface area contributed by atoms with Crippen LogP contribution >= 0.6 is 11.6 Å². The Morgan fingerprint density at radius 3 is 2.77 bits per heavy atom. The van der Waals surface area contributed by atoms with Crippen LogP contribution in [0.2, 0.25) is 5.02 Å². The summed E-state index contributed by atoms with van der Waals surface area (Å²) < 4.78 is 5.52. The topological polar surface area (TPSA) is 35.2 Å². The van der Waals surface area contributed by atoms with Gasteiger partial charge in [0.25, 0.3) is 0 Å². The molecule has 0 bridgehead atoms. The zero-order valence-electron chi connectivity index (χ0n) is 7.29. The molecule has 0 radical (unpaired) electrons. The predicted molar refractivity (Wildman–Crippen MR) is 52.8 cm³/mol. The maximum Gasteiger partial charge on any atom is 0.107 e. The molecule has 1 aromatic rings. The largest absolute Gasteiger partial charge is 0.369 e. The van der Waals surface area contributed by atoms with E-state index in [1.54, 1.807) is 0 Å². The van der Waals surface area contributed by atoms with Crippen molar-refractivity contribution in [3.8, 4) is 0 Å². The van der Waals surface area contributed by atoms with Crippen LogP contribution in [0.4, 0.5) is 0 Å². The van der Waals surface area contributed by atoms with Gasteiger partial charge in [-0.05, 0) is 17.7 Å². The number of ether oxygens (including phenoxy) is 1. The monoisotopic (exact) mass is 197 g/mol. The van der Waals surface area contributed by atoms with Gasteiger partial charge in [-0.1, -0.05) is 23.7 Å². The third-order valence-corrected chi connectivity index (χ3v) is 2.80. The molecule has 3 heteroatoms. The van der Waals surface area contributed by atoms with Crippen LogP contribution in [-0.4, -0.2) is 13.2 Å². The molecule has 0 aliphatic carbocycles. The van der Waals surface area contributed by atoms with E-state index in [1.807, 2.05) is 24.3 Å². The molecule has 0 spiro atoms. The second-order valence-electron chi connectivity index (χ2n) is 3.31. The van der Waals surface area contributed by atoms with E-state index in [-0.39, 0.29) is 5.60 Å². The third kappa shape index (κ3) is 1.46. The Labute approximate surface area is 82.6 Å². The molecule has 13 heavy (non-hydrogen) atoms. The molecule has 2 rings (SSSR count). The molecule has 1 aliphatic heterocycles. The van der Waals surface area contributed by atoms with Crippen LogP contribution < -0.4 is 5.73 Å². The quantitative estimate of drug-likeness (QED) is 0.786. The van der Waals surface area contributed by atoms with Crippen LogP contribution in [0.3, 0.4) is 0 Å². The fraction of sp³-hybridized carbons (Fsp3) is 0.400. The molecule has 1 aliphatic rings. The summed E-state index contributed by atoms with van der Waals surface area (Å²) in [7, 11) is 0. The van der Waals surface area contributed by atoms with Crippen LogP contribution in [-0.2, 0) is 10.3 Å². The van der Waals surface area contributed by atoms with E-state index >= 15 is 0 Å². The Bertz CT molecular complexity index is 304. The van der Waals surface area contributed by atoms with Gasteiger partial charge in [0, 0.05) is 18.0 Å². The number of benzene rings is 1. The van der Waals surface area contributed by atoms with Gasteiger partial charge in [0.1, 0.15) is 5.60 Å². The molecule has 1 heterocycles. The van der Waals surface area contributed by atoms with Crippen molar-refractivity contribution in [3.63, 3.8) is 0 Å². The van der Waals surface area contributed by atoms with Gasteiger partial charge >= 0.3 is 0 Å². The summed E-state index contributed by atoms with van der Waals surface area (Å²) in [4.78, 5) is 0. The van der Waals surface area contributed by atoms with Crippen molar-refractivity contribution < 1.29 is 4.74 Å². The van der Waals surface area contributed by atoms with Crippen molar-refractivity contribution in [2.24, 2.45) is 5.73 Å². The lowest BCUT2D eigenvalue weighted by Gasteiger charge is -2.41. The predicted octanol–water partition coefficient (Wildman–Crippen LogP) is 1.91. The number of rotatable bonds is 2. The maximum atomic E-state index is 5.89. The van der Waals surface area contributed by atoms with E-state index in [0.717, 1.165) is 23.6 Å². The molecule has 70 valence electrons. The molecule has 1 atom stereocenters. The highest BCUT2D eigenvalue weighted by Gasteiger charge is 2.38. The van der Waals surface area contributed by atoms with Crippen LogP contribution in [0.5, 0.6) is 0 Å². The molecular formula is C10H12ClNO. The first-order valence-corrected chi connectivity index (χ1v) is 4.75. The summed E-state index contributed by atoms with van der Waals surface area (Å²) >= 11 is 5.89. The lowest BCUT2D eigenvalue weighted by Crippen LogP contribution is -2.46. The minimum Gasteiger partial charge on any atom is -0.369 e. The zero-order valence-corrected chi connectivity index (χ0v) is 8.05. The highest BCUT2D eigenvalue weighted by atomic mass is 35.5. The summed E-state index contributed by atoms with van der Waals surface area (Å²) in [5, 5.41) is 0.737. The van der Waals surface area contributed by atoms with E-state index in [4.69, 9.17) is 22.1 Å². The molecule has 2 nitrogen and oxygen atoms in total. The number of halogens is 1. The van der Waals surface area contributed by atoms with Crippen LogP contribution in [0, 0.1) is 0 Å². The Morgan fingerprint density at radius 1 is 1.54 bits per heavy atom. The molecule has 0 amide bonds. The first kappa shape index (κ1) is 9.00. The molecule has 2 N–H and O–H groups in total. The summed E-state index contributed by atoms with van der Waals surface area (Å²) in [6.45, 7) is 1.32. The molecule has 1 aromatic carbocycles. The fourth-order valence-electron chi connectivity index (χ4n) is 1.63. The second kappa shape index (κ2) is 3.29. The maximum absolute atomic E-state index is 5.89. The summed E-state index contributed by atoms with van der Waals surface area (Å²) in [5.41, 5.74) is 6.52. The van der Waals surface area contributed by atoms with E-state index in [2.05, 4.69) is 0 Å². The van der Waals surface area contributed by atoms with Crippen LogP contribution in [0.1, 0.15) is 12.0 Å². The molecule has 1 unspecified atom stereocenters. The minimum absolute atomic E-state index is 0.259. The first-order chi connectivity index (χ1) is 6.27. The van der Waals surface area contributed by atoms with Crippen molar-refractivity contribution in [2.75, 3.05) is 13.2 Å². The Kier molecular flexibility index (Phi) is 2.28. The Hall–Kier alpha value is -0.570. The third-order valence-electron chi connectivity index (χ3n) is 2.56. The molecule has 1 saturated heterocycles. The van der Waals surface area contributed by atoms with E-state index < -0.39 is 0 Å². The van der Waals surface area contributed by atoms with Gasteiger partial charge in [0.15, 0.2) is 0 Å². The van der Waals surface area contributed by atoms with Gasteiger partial charge in [0.2, 0.25) is 0 Å². The Balaban J connectivity index is 2.33. The minimum atomic E-state index is -0.259. The van der Waals surface area contributed by atoms with Gasteiger partial charge in [-0.2, -0.15) is 0 Å². The van der Waals surface area contributed by atoms with Crippen molar-refractivity contribution in [1.82, 2.24) is 0 Å². The normalized spacial score (nSPS) is 26.9. The van der Waals surface area contributed by atoms with Gasteiger partial charge < -0.3 is 10.5 Å². The van der Waals surface area contributed by atoms with Crippen molar-refractivity contribution in [2.45, 2.75) is 12.0 Å². The van der Waals surface area contributed by atoms with Crippen LogP contribution in [0.15, 0.2) is 24.3 Å². The smallest absolute Gasteiger partial charge is 0.107 e. The first-order valence-electron chi connectivity index (χ1n) is 4.37. The number of hydrogen-bond donors (Lipinski definition) is 1. The summed E-state index contributed by atoms with van der Waals surface area (Å²) in [6.07, 6.45) is 0.990. The SMILES string of the molecule is NCC1(c2cccc(Cl)c2)CCO1. The van der Waals surface area contributed by atoms with E-state index in [0.29, 0.717) is 6.54 Å². The second-order valence-corrected chi connectivity index (χ2v) is 3.74. The number of hydrogen-bond acceptors (Lipinski definition) is 2. The Morgan fingerprint density at radius 2 is 2.31 bits per heavy atom. The summed E-state index contributed by atoms with van der Waals surface area (Å²) in [5.74, 6) is 0. The van der Waals surface area contributed by atoms with Crippen LogP contribution in [0.25, 0.3) is 0 Å².